The zero-order chi connectivity index (χ0) is 13.9. The highest BCUT2D eigenvalue weighted by Gasteiger charge is 2.30. The summed E-state index contributed by atoms with van der Waals surface area (Å²) in [5, 5.41) is 0. The fourth-order valence-corrected chi connectivity index (χ4v) is 1.37. The normalized spacial score (nSPS) is 11.1. The lowest BCUT2D eigenvalue weighted by atomic mass is 10.2. The van der Waals surface area contributed by atoms with E-state index in [2.05, 4.69) is 4.98 Å². The number of aromatic nitrogens is 1. The molecule has 0 N–H and O–H groups in total. The topological polar surface area (TPSA) is 39.2 Å². The lowest BCUT2D eigenvalue weighted by Gasteiger charge is -2.08. The Morgan fingerprint density at radius 2 is 1.63 bits per heavy atom. The fraction of sp³-hybridized carbons (Fsp3) is 0.0769. The Balaban J connectivity index is 2.12. The predicted molar refractivity (Wildman–Crippen MR) is 61.1 cm³/mol. The molecule has 0 aliphatic carbocycles. The molecule has 0 amide bonds. The predicted octanol–water partition coefficient (Wildman–Crippen LogP) is 3.71. The summed E-state index contributed by atoms with van der Waals surface area (Å²) in [4.78, 5) is 14.2. The molecule has 19 heavy (non-hydrogen) atoms. The standard InChI is InChI=1S/C13H8F3NO2/c14-13(15,16)9-1-4-11(5-2-9)19-12-6-3-10(8-18)17-7-12/h1-8H. The van der Waals surface area contributed by atoms with E-state index in [9.17, 15) is 18.0 Å². The number of pyridine rings is 1. The zero-order valence-electron chi connectivity index (χ0n) is 9.52. The van der Waals surface area contributed by atoms with Crippen LogP contribution in [0.15, 0.2) is 42.6 Å². The van der Waals surface area contributed by atoms with E-state index in [1.807, 2.05) is 0 Å². The minimum absolute atomic E-state index is 0.250. The van der Waals surface area contributed by atoms with Gasteiger partial charge in [0.2, 0.25) is 0 Å². The highest BCUT2D eigenvalue weighted by atomic mass is 19.4. The molecule has 1 aromatic heterocycles. The first kappa shape index (κ1) is 13.1. The van der Waals surface area contributed by atoms with Crippen LogP contribution < -0.4 is 4.74 Å². The van der Waals surface area contributed by atoms with Gasteiger partial charge in [0.1, 0.15) is 17.2 Å². The molecule has 0 radical (unpaired) electrons. The van der Waals surface area contributed by atoms with Gasteiger partial charge in [-0.15, -0.1) is 0 Å². The molecule has 0 aliphatic rings. The minimum atomic E-state index is -4.37. The summed E-state index contributed by atoms with van der Waals surface area (Å²) in [6.45, 7) is 0. The van der Waals surface area contributed by atoms with Crippen molar-refractivity contribution in [3.8, 4) is 11.5 Å². The molecule has 0 aliphatic heterocycles. The second kappa shape index (κ2) is 5.09. The van der Waals surface area contributed by atoms with Gasteiger partial charge in [-0.2, -0.15) is 13.2 Å². The molecule has 0 saturated heterocycles. The molecule has 1 heterocycles. The van der Waals surface area contributed by atoms with Crippen molar-refractivity contribution < 1.29 is 22.7 Å². The summed E-state index contributed by atoms with van der Waals surface area (Å²) in [7, 11) is 0. The van der Waals surface area contributed by atoms with Crippen LogP contribution in [0, 0.1) is 0 Å². The van der Waals surface area contributed by atoms with Crippen LogP contribution in [0.3, 0.4) is 0 Å². The van der Waals surface area contributed by atoms with Gasteiger partial charge in [0.15, 0.2) is 6.29 Å². The van der Waals surface area contributed by atoms with Gasteiger partial charge in [0.05, 0.1) is 11.8 Å². The zero-order valence-corrected chi connectivity index (χ0v) is 9.52. The summed E-state index contributed by atoms with van der Waals surface area (Å²) < 4.78 is 42.3. The molecule has 0 unspecified atom stereocenters. The van der Waals surface area contributed by atoms with Crippen LogP contribution in [0.5, 0.6) is 11.5 Å². The van der Waals surface area contributed by atoms with Crippen LogP contribution in [-0.2, 0) is 6.18 Å². The number of halogens is 3. The molecule has 0 saturated carbocycles. The number of aldehydes is 1. The van der Waals surface area contributed by atoms with Crippen molar-refractivity contribution >= 4 is 6.29 Å². The van der Waals surface area contributed by atoms with Crippen molar-refractivity contribution in [2.75, 3.05) is 0 Å². The van der Waals surface area contributed by atoms with E-state index in [-0.39, 0.29) is 11.4 Å². The fourth-order valence-electron chi connectivity index (χ4n) is 1.37. The first-order valence-electron chi connectivity index (χ1n) is 5.25. The summed E-state index contributed by atoms with van der Waals surface area (Å²) in [6, 6.07) is 7.26. The number of hydrogen-bond acceptors (Lipinski definition) is 3. The molecule has 3 nitrogen and oxygen atoms in total. The van der Waals surface area contributed by atoms with Gasteiger partial charge in [-0.1, -0.05) is 0 Å². The first-order chi connectivity index (χ1) is 8.99. The van der Waals surface area contributed by atoms with Gasteiger partial charge < -0.3 is 4.74 Å². The first-order valence-corrected chi connectivity index (χ1v) is 5.25. The number of alkyl halides is 3. The van der Waals surface area contributed by atoms with Crippen molar-refractivity contribution in [1.29, 1.82) is 0 Å². The van der Waals surface area contributed by atoms with Crippen molar-refractivity contribution in [3.63, 3.8) is 0 Å². The molecular formula is C13H8F3NO2. The Bertz CT molecular complexity index is 562. The number of carbonyl (C=O) groups is 1. The van der Waals surface area contributed by atoms with Crippen molar-refractivity contribution in [3.05, 3.63) is 53.9 Å². The van der Waals surface area contributed by atoms with E-state index in [4.69, 9.17) is 4.74 Å². The number of hydrogen-bond donors (Lipinski definition) is 0. The molecule has 0 fully saturated rings. The van der Waals surface area contributed by atoms with Crippen molar-refractivity contribution in [2.45, 2.75) is 6.18 Å². The van der Waals surface area contributed by atoms with E-state index in [1.165, 1.54) is 30.5 Å². The summed E-state index contributed by atoms with van der Waals surface area (Å²) in [5.41, 5.74) is -0.492. The third kappa shape index (κ3) is 3.31. The van der Waals surface area contributed by atoms with Crippen LogP contribution in [-0.4, -0.2) is 11.3 Å². The van der Waals surface area contributed by atoms with Crippen LogP contribution in [0.2, 0.25) is 0 Å². The average molecular weight is 267 g/mol. The maximum absolute atomic E-state index is 12.3. The average Bonchev–Trinajstić information content (AvgIpc) is 2.39. The van der Waals surface area contributed by atoms with Crippen molar-refractivity contribution in [1.82, 2.24) is 4.98 Å². The lowest BCUT2D eigenvalue weighted by molar-refractivity contribution is -0.137. The lowest BCUT2D eigenvalue weighted by Crippen LogP contribution is -2.04. The Morgan fingerprint density at radius 3 is 2.11 bits per heavy atom. The maximum atomic E-state index is 12.3. The summed E-state index contributed by atoms with van der Waals surface area (Å²) in [5.74, 6) is 0.596. The molecule has 1 aromatic carbocycles. The maximum Gasteiger partial charge on any atom is 0.416 e. The third-order valence-corrected chi connectivity index (χ3v) is 2.30. The van der Waals surface area contributed by atoms with Crippen LogP contribution in [0.25, 0.3) is 0 Å². The van der Waals surface area contributed by atoms with E-state index in [0.29, 0.717) is 12.0 Å². The molecule has 0 spiro atoms. The SMILES string of the molecule is O=Cc1ccc(Oc2ccc(C(F)(F)F)cc2)cn1. The van der Waals surface area contributed by atoms with Gasteiger partial charge in [0.25, 0.3) is 0 Å². The second-order valence-corrected chi connectivity index (χ2v) is 3.66. The number of carbonyl (C=O) groups excluding carboxylic acids is 1. The molecule has 6 heteroatoms. The summed E-state index contributed by atoms with van der Waals surface area (Å²) >= 11 is 0. The van der Waals surface area contributed by atoms with Crippen LogP contribution in [0.4, 0.5) is 13.2 Å². The van der Waals surface area contributed by atoms with E-state index >= 15 is 0 Å². The highest BCUT2D eigenvalue weighted by Crippen LogP contribution is 2.31. The van der Waals surface area contributed by atoms with Gasteiger partial charge in [-0.05, 0) is 36.4 Å². The second-order valence-electron chi connectivity index (χ2n) is 3.66. The molecular weight excluding hydrogens is 259 g/mol. The largest absolute Gasteiger partial charge is 0.456 e. The Kier molecular flexibility index (Phi) is 3.50. The number of ether oxygens (including phenoxy) is 1. The minimum Gasteiger partial charge on any atom is -0.456 e. The van der Waals surface area contributed by atoms with Gasteiger partial charge in [-0.3, -0.25) is 4.79 Å². The smallest absolute Gasteiger partial charge is 0.416 e. The number of nitrogens with zero attached hydrogens (tertiary/aromatic N) is 1. The van der Waals surface area contributed by atoms with Crippen LogP contribution >= 0.6 is 0 Å². The van der Waals surface area contributed by atoms with Crippen molar-refractivity contribution in [2.24, 2.45) is 0 Å². The molecule has 0 bridgehead atoms. The van der Waals surface area contributed by atoms with E-state index in [0.717, 1.165) is 12.1 Å². The highest BCUT2D eigenvalue weighted by molar-refractivity contribution is 5.71. The molecule has 2 rings (SSSR count). The third-order valence-electron chi connectivity index (χ3n) is 2.30. The Hall–Kier alpha value is -2.37. The Morgan fingerprint density at radius 1 is 1.00 bits per heavy atom. The Labute approximate surface area is 106 Å². The quantitative estimate of drug-likeness (QED) is 0.796. The molecule has 98 valence electrons. The van der Waals surface area contributed by atoms with Gasteiger partial charge in [-0.25, -0.2) is 4.98 Å². The molecule has 0 atom stereocenters. The number of benzene rings is 1. The van der Waals surface area contributed by atoms with E-state index in [1.54, 1.807) is 0 Å². The monoisotopic (exact) mass is 267 g/mol. The molecule has 2 aromatic rings. The van der Waals surface area contributed by atoms with Gasteiger partial charge in [0, 0.05) is 0 Å². The van der Waals surface area contributed by atoms with E-state index < -0.39 is 11.7 Å². The number of rotatable bonds is 3. The van der Waals surface area contributed by atoms with Gasteiger partial charge >= 0.3 is 6.18 Å². The van der Waals surface area contributed by atoms with Crippen LogP contribution in [0.1, 0.15) is 16.1 Å². The summed E-state index contributed by atoms with van der Waals surface area (Å²) in [6.07, 6.45) is -2.46.